The molecule has 1 aromatic rings. The maximum Gasteiger partial charge on any atom is 0.322 e. The van der Waals surface area contributed by atoms with E-state index in [9.17, 15) is 13.2 Å². The Kier molecular flexibility index (Phi) is 6.65. The molecule has 0 saturated carbocycles. The van der Waals surface area contributed by atoms with Gasteiger partial charge in [-0.05, 0) is 25.1 Å². The topological polar surface area (TPSA) is 89.1 Å². The second-order valence-corrected chi connectivity index (χ2v) is 10.2. The average molecular weight is 425 g/mol. The largest absolute Gasteiger partial charge is 0.354 e. The first kappa shape index (κ1) is 21.8. The van der Waals surface area contributed by atoms with Crippen LogP contribution in [0.1, 0.15) is 13.8 Å². The van der Waals surface area contributed by atoms with E-state index >= 15 is 0 Å². The van der Waals surface area contributed by atoms with Crippen LogP contribution < -0.4 is 10.2 Å². The number of carbonyl (C=O) groups excluding carboxylic acids is 1. The van der Waals surface area contributed by atoms with Gasteiger partial charge in [-0.1, -0.05) is 13.8 Å². The summed E-state index contributed by atoms with van der Waals surface area (Å²) in [6.07, 6.45) is 2.90. The number of urea groups is 1. The number of pyridine rings is 1. The lowest BCUT2D eigenvalue weighted by Crippen LogP contribution is -2.57. The molecule has 1 N–H and O–H groups in total. The summed E-state index contributed by atoms with van der Waals surface area (Å²) in [6.45, 7) is 8.86. The molecule has 2 aliphatic rings. The van der Waals surface area contributed by atoms with Crippen LogP contribution >= 0.6 is 0 Å². The lowest BCUT2D eigenvalue weighted by molar-refractivity contribution is 0.0922. The first-order valence-electron chi connectivity index (χ1n) is 10.1. The van der Waals surface area contributed by atoms with Crippen LogP contribution in [0.5, 0.6) is 0 Å². The van der Waals surface area contributed by atoms with E-state index in [-0.39, 0.29) is 12.1 Å². The Morgan fingerprint density at radius 1 is 1.14 bits per heavy atom. The standard InChI is InChI=1S/C19H32N6O3S/c1-15(2)17-14-22(3)7-12-25(17)19(26)21-16-5-6-18(20-13-16)23-8-10-24(11-9-23)29(4,27)28/h5-6,13,15,17H,7-12,14H2,1-4H3,(H,21,26). The fourth-order valence-electron chi connectivity index (χ4n) is 3.87. The summed E-state index contributed by atoms with van der Waals surface area (Å²) < 4.78 is 24.8. The van der Waals surface area contributed by atoms with Crippen LogP contribution in [-0.4, -0.2) is 98.7 Å². The maximum absolute atomic E-state index is 12.8. The molecular formula is C19H32N6O3S. The van der Waals surface area contributed by atoms with Crippen LogP contribution in [0.2, 0.25) is 0 Å². The molecule has 162 valence electrons. The van der Waals surface area contributed by atoms with Crippen LogP contribution in [0, 0.1) is 5.92 Å². The van der Waals surface area contributed by atoms with Gasteiger partial charge in [0.05, 0.1) is 18.1 Å². The summed E-state index contributed by atoms with van der Waals surface area (Å²) in [5.41, 5.74) is 0.662. The quantitative estimate of drug-likeness (QED) is 0.775. The van der Waals surface area contributed by atoms with Crippen molar-refractivity contribution in [3.05, 3.63) is 18.3 Å². The molecule has 0 bridgehead atoms. The number of nitrogens with one attached hydrogen (secondary N) is 1. The molecule has 2 amide bonds. The monoisotopic (exact) mass is 424 g/mol. The Labute approximate surface area is 173 Å². The minimum atomic E-state index is -3.15. The summed E-state index contributed by atoms with van der Waals surface area (Å²) >= 11 is 0. The normalized spacial score (nSPS) is 22.2. The van der Waals surface area contributed by atoms with Crippen molar-refractivity contribution in [2.75, 3.05) is 69.3 Å². The van der Waals surface area contributed by atoms with E-state index in [2.05, 4.69) is 41.0 Å². The van der Waals surface area contributed by atoms with E-state index in [4.69, 9.17) is 0 Å². The molecule has 2 saturated heterocycles. The predicted octanol–water partition coefficient (Wildman–Crippen LogP) is 0.967. The van der Waals surface area contributed by atoms with Gasteiger partial charge in [0, 0.05) is 51.9 Å². The maximum atomic E-state index is 12.8. The van der Waals surface area contributed by atoms with Crippen LogP contribution in [0.25, 0.3) is 0 Å². The molecule has 1 unspecified atom stereocenters. The third-order valence-corrected chi connectivity index (χ3v) is 6.99. The zero-order chi connectivity index (χ0) is 21.2. The summed E-state index contributed by atoms with van der Waals surface area (Å²) in [6, 6.07) is 3.82. The molecule has 10 heteroatoms. The molecule has 2 aliphatic heterocycles. The molecule has 0 spiro atoms. The van der Waals surface area contributed by atoms with Crippen molar-refractivity contribution in [2.24, 2.45) is 5.92 Å². The van der Waals surface area contributed by atoms with Crippen molar-refractivity contribution in [2.45, 2.75) is 19.9 Å². The van der Waals surface area contributed by atoms with Crippen molar-refractivity contribution in [1.82, 2.24) is 19.1 Å². The molecule has 1 atom stereocenters. The van der Waals surface area contributed by atoms with Crippen LogP contribution in [-0.2, 0) is 10.0 Å². The van der Waals surface area contributed by atoms with Crippen LogP contribution in [0.3, 0.4) is 0 Å². The van der Waals surface area contributed by atoms with Crippen molar-refractivity contribution >= 4 is 27.6 Å². The number of hydrogen-bond donors (Lipinski definition) is 1. The number of carbonyl (C=O) groups is 1. The Morgan fingerprint density at radius 2 is 1.83 bits per heavy atom. The molecule has 3 heterocycles. The zero-order valence-electron chi connectivity index (χ0n) is 17.7. The van der Waals surface area contributed by atoms with Gasteiger partial charge in [-0.3, -0.25) is 0 Å². The molecule has 1 aromatic heterocycles. The lowest BCUT2D eigenvalue weighted by Gasteiger charge is -2.42. The van der Waals surface area contributed by atoms with Crippen molar-refractivity contribution in [3.63, 3.8) is 0 Å². The number of rotatable bonds is 4. The van der Waals surface area contributed by atoms with E-state index in [1.54, 1.807) is 6.20 Å². The van der Waals surface area contributed by atoms with Gasteiger partial charge < -0.3 is 20.0 Å². The first-order chi connectivity index (χ1) is 13.6. The van der Waals surface area contributed by atoms with E-state index in [1.165, 1.54) is 10.6 Å². The number of anilines is 2. The highest BCUT2D eigenvalue weighted by Gasteiger charge is 2.31. The third-order valence-electron chi connectivity index (χ3n) is 5.68. The Morgan fingerprint density at radius 3 is 2.38 bits per heavy atom. The SMILES string of the molecule is CC(C)C1CN(C)CCN1C(=O)Nc1ccc(N2CCN(S(C)(=O)=O)CC2)nc1. The molecule has 9 nitrogen and oxygen atoms in total. The van der Waals surface area contributed by atoms with Crippen molar-refractivity contribution in [3.8, 4) is 0 Å². The van der Waals surface area contributed by atoms with Gasteiger partial charge in [-0.2, -0.15) is 4.31 Å². The van der Waals surface area contributed by atoms with E-state index in [0.29, 0.717) is 44.3 Å². The number of amides is 2. The van der Waals surface area contributed by atoms with Crippen LogP contribution in [0.15, 0.2) is 18.3 Å². The second-order valence-electron chi connectivity index (χ2n) is 8.25. The fraction of sp³-hybridized carbons (Fsp3) is 0.684. The van der Waals surface area contributed by atoms with Gasteiger partial charge in [0.15, 0.2) is 0 Å². The van der Waals surface area contributed by atoms with Crippen molar-refractivity contribution < 1.29 is 13.2 Å². The third kappa shape index (κ3) is 5.37. The van der Waals surface area contributed by atoms with E-state index in [0.717, 1.165) is 18.9 Å². The van der Waals surface area contributed by atoms with Crippen LogP contribution in [0.4, 0.5) is 16.3 Å². The average Bonchev–Trinajstić information content (AvgIpc) is 2.68. The Bertz CT molecular complexity index is 806. The van der Waals surface area contributed by atoms with Gasteiger partial charge in [-0.15, -0.1) is 0 Å². The number of sulfonamides is 1. The van der Waals surface area contributed by atoms with Gasteiger partial charge >= 0.3 is 6.03 Å². The summed E-state index contributed by atoms with van der Waals surface area (Å²) in [4.78, 5) is 23.5. The number of nitrogens with zero attached hydrogens (tertiary/aromatic N) is 5. The smallest absolute Gasteiger partial charge is 0.322 e. The minimum Gasteiger partial charge on any atom is -0.354 e. The van der Waals surface area contributed by atoms with E-state index in [1.807, 2.05) is 17.0 Å². The number of piperazine rings is 2. The van der Waals surface area contributed by atoms with Gasteiger partial charge in [0.1, 0.15) is 5.82 Å². The predicted molar refractivity (Wildman–Crippen MR) is 115 cm³/mol. The molecule has 3 rings (SSSR count). The molecule has 0 aliphatic carbocycles. The fourth-order valence-corrected chi connectivity index (χ4v) is 4.69. The Balaban J connectivity index is 1.59. The van der Waals surface area contributed by atoms with Gasteiger partial charge in [0.2, 0.25) is 10.0 Å². The summed E-state index contributed by atoms with van der Waals surface area (Å²) in [5.74, 6) is 1.17. The molecule has 29 heavy (non-hydrogen) atoms. The molecule has 2 fully saturated rings. The number of hydrogen-bond acceptors (Lipinski definition) is 6. The highest BCUT2D eigenvalue weighted by atomic mass is 32.2. The highest BCUT2D eigenvalue weighted by molar-refractivity contribution is 7.88. The van der Waals surface area contributed by atoms with E-state index < -0.39 is 10.0 Å². The zero-order valence-corrected chi connectivity index (χ0v) is 18.5. The Hall–Kier alpha value is -1.91. The first-order valence-corrected chi connectivity index (χ1v) is 11.9. The number of aromatic nitrogens is 1. The summed E-state index contributed by atoms with van der Waals surface area (Å²) in [5, 5.41) is 2.97. The van der Waals surface area contributed by atoms with Crippen molar-refractivity contribution in [1.29, 1.82) is 0 Å². The molecular weight excluding hydrogens is 392 g/mol. The number of likely N-dealkylation sites (N-methyl/N-ethyl adjacent to an activating group) is 1. The molecule has 0 aromatic carbocycles. The van der Waals surface area contributed by atoms with Gasteiger partial charge in [-0.25, -0.2) is 18.2 Å². The molecule has 0 radical (unpaired) electrons. The van der Waals surface area contributed by atoms with Gasteiger partial charge in [0.25, 0.3) is 0 Å². The highest BCUT2D eigenvalue weighted by Crippen LogP contribution is 2.20. The second kappa shape index (κ2) is 8.85. The lowest BCUT2D eigenvalue weighted by atomic mass is 10.0. The summed E-state index contributed by atoms with van der Waals surface area (Å²) in [7, 11) is -1.06. The minimum absolute atomic E-state index is 0.0897.